The molecule has 0 N–H and O–H groups in total. The lowest BCUT2D eigenvalue weighted by atomic mass is 9.89. The van der Waals surface area contributed by atoms with Gasteiger partial charge in [-0.2, -0.15) is 0 Å². The molecule has 3 aliphatic rings. The molecule has 1 aliphatic carbocycles. The Hall–Kier alpha value is -3.67. The van der Waals surface area contributed by atoms with Crippen molar-refractivity contribution < 1.29 is 14.0 Å². The first-order chi connectivity index (χ1) is 14.6. The van der Waals surface area contributed by atoms with Crippen molar-refractivity contribution in [3.63, 3.8) is 0 Å². The molecule has 1 atom stereocenters. The molecule has 30 heavy (non-hydrogen) atoms. The molecule has 148 valence electrons. The number of allylic oxidation sites excluding steroid dienone is 3. The van der Waals surface area contributed by atoms with Crippen molar-refractivity contribution in [2.24, 2.45) is 16.1 Å². The van der Waals surface area contributed by atoms with Crippen LogP contribution in [-0.4, -0.2) is 16.7 Å². The number of halogens is 1. The maximum atomic E-state index is 14.9. The van der Waals surface area contributed by atoms with Crippen LogP contribution in [0.2, 0.25) is 0 Å². The molecular formula is C24H18FN3O2. The van der Waals surface area contributed by atoms with Crippen molar-refractivity contribution in [3.05, 3.63) is 100 Å². The van der Waals surface area contributed by atoms with Crippen LogP contribution in [0.3, 0.4) is 0 Å². The number of carbonyl (C=O) groups is 2. The third kappa shape index (κ3) is 3.20. The van der Waals surface area contributed by atoms with E-state index in [9.17, 15) is 14.0 Å². The summed E-state index contributed by atoms with van der Waals surface area (Å²) < 4.78 is 14.9. The summed E-state index contributed by atoms with van der Waals surface area (Å²) in [5, 5.41) is 7.63. The van der Waals surface area contributed by atoms with Crippen LogP contribution in [-0.2, 0) is 29.1 Å². The molecule has 1 unspecified atom stereocenters. The zero-order valence-electron chi connectivity index (χ0n) is 16.1. The first kappa shape index (κ1) is 18.4. The van der Waals surface area contributed by atoms with Gasteiger partial charge in [-0.25, -0.2) is 4.39 Å². The normalized spacial score (nSPS) is 19.3. The molecule has 2 heterocycles. The molecule has 0 saturated carbocycles. The molecule has 0 saturated heterocycles. The number of rotatable bonds is 3. The monoisotopic (exact) mass is 399 g/mol. The fourth-order valence-corrected chi connectivity index (χ4v) is 4.07. The second kappa shape index (κ2) is 7.30. The van der Waals surface area contributed by atoms with Crippen LogP contribution in [0.15, 0.2) is 82.6 Å². The smallest absolute Gasteiger partial charge is 0.276 e. The van der Waals surface area contributed by atoms with Crippen LogP contribution in [0.4, 0.5) is 4.39 Å². The summed E-state index contributed by atoms with van der Waals surface area (Å²) in [5.41, 5.74) is 4.17. The Balaban J connectivity index is 1.36. The number of benzene rings is 2. The molecule has 0 aromatic heterocycles. The van der Waals surface area contributed by atoms with E-state index < -0.39 is 11.7 Å². The molecule has 0 spiro atoms. The van der Waals surface area contributed by atoms with E-state index in [-0.39, 0.29) is 23.8 Å². The lowest BCUT2D eigenvalue weighted by molar-refractivity contribution is -0.131. The average Bonchev–Trinajstić information content (AvgIpc) is 3.20. The number of amides is 2. The average molecular weight is 399 g/mol. The third-order valence-corrected chi connectivity index (χ3v) is 5.65. The number of hydrogen-bond acceptors (Lipinski definition) is 3. The highest BCUT2D eigenvalue weighted by Gasteiger charge is 2.29. The predicted molar refractivity (Wildman–Crippen MR) is 109 cm³/mol. The molecule has 5 rings (SSSR count). The van der Waals surface area contributed by atoms with E-state index in [0.717, 1.165) is 11.1 Å². The maximum Gasteiger partial charge on any atom is 0.276 e. The highest BCUT2D eigenvalue weighted by Crippen LogP contribution is 2.35. The van der Waals surface area contributed by atoms with E-state index in [1.54, 1.807) is 41.3 Å². The Kier molecular flexibility index (Phi) is 4.47. The Morgan fingerprint density at radius 3 is 2.57 bits per heavy atom. The SMILES string of the molecule is O=C1N=NC(c2ccc(CC(=O)N3Cc4ccccc4C3)cc2F)=C2C=CC=CC12. The molecule has 0 bridgehead atoms. The lowest BCUT2D eigenvalue weighted by Gasteiger charge is -2.20. The van der Waals surface area contributed by atoms with Gasteiger partial charge in [0.2, 0.25) is 5.91 Å². The third-order valence-electron chi connectivity index (χ3n) is 5.65. The Morgan fingerprint density at radius 1 is 1.07 bits per heavy atom. The van der Waals surface area contributed by atoms with Gasteiger partial charge in [-0.3, -0.25) is 9.59 Å². The van der Waals surface area contributed by atoms with Gasteiger partial charge in [0.1, 0.15) is 11.5 Å². The van der Waals surface area contributed by atoms with Crippen molar-refractivity contribution >= 4 is 17.5 Å². The molecule has 2 amide bonds. The zero-order valence-corrected chi connectivity index (χ0v) is 16.1. The standard InChI is InChI=1S/C24H18FN3O2/c25-21-11-15(12-22(29)28-13-16-5-1-2-6-17(16)14-28)9-10-20(21)23-18-7-3-4-8-19(18)24(30)27-26-23/h1-11,19H,12-14H2. The van der Waals surface area contributed by atoms with E-state index in [1.807, 2.05) is 24.3 Å². The Bertz CT molecular complexity index is 1170. The van der Waals surface area contributed by atoms with Crippen LogP contribution in [0, 0.1) is 11.7 Å². The van der Waals surface area contributed by atoms with E-state index in [0.29, 0.717) is 29.9 Å². The molecule has 6 heteroatoms. The second-order valence-electron chi connectivity index (χ2n) is 7.57. The topological polar surface area (TPSA) is 62.1 Å². The van der Waals surface area contributed by atoms with Gasteiger partial charge in [-0.15, -0.1) is 10.2 Å². The number of fused-ring (bicyclic) bond motifs is 2. The van der Waals surface area contributed by atoms with Gasteiger partial charge in [-0.05, 0) is 34.4 Å². The van der Waals surface area contributed by atoms with Crippen molar-refractivity contribution in [3.8, 4) is 0 Å². The zero-order chi connectivity index (χ0) is 20.7. The fourth-order valence-electron chi connectivity index (χ4n) is 4.07. The van der Waals surface area contributed by atoms with Gasteiger partial charge in [0.25, 0.3) is 5.91 Å². The molecule has 2 aromatic carbocycles. The van der Waals surface area contributed by atoms with E-state index in [2.05, 4.69) is 10.2 Å². The number of nitrogens with zero attached hydrogens (tertiary/aromatic N) is 3. The Morgan fingerprint density at radius 2 is 1.83 bits per heavy atom. The van der Waals surface area contributed by atoms with Crippen LogP contribution >= 0.6 is 0 Å². The number of hydrogen-bond donors (Lipinski definition) is 0. The van der Waals surface area contributed by atoms with Crippen LogP contribution < -0.4 is 0 Å². The first-order valence-electron chi connectivity index (χ1n) is 9.78. The predicted octanol–water partition coefficient (Wildman–Crippen LogP) is 4.36. The van der Waals surface area contributed by atoms with Gasteiger partial charge in [0, 0.05) is 18.7 Å². The van der Waals surface area contributed by atoms with E-state index in [1.165, 1.54) is 6.07 Å². The molecule has 0 radical (unpaired) electrons. The minimum Gasteiger partial charge on any atom is -0.334 e. The molecule has 2 aromatic rings. The van der Waals surface area contributed by atoms with Crippen molar-refractivity contribution in [2.75, 3.05) is 0 Å². The molecule has 2 aliphatic heterocycles. The van der Waals surface area contributed by atoms with Crippen LogP contribution in [0.5, 0.6) is 0 Å². The van der Waals surface area contributed by atoms with E-state index in [4.69, 9.17) is 0 Å². The summed E-state index contributed by atoms with van der Waals surface area (Å²) in [7, 11) is 0. The van der Waals surface area contributed by atoms with Gasteiger partial charge in [0.15, 0.2) is 0 Å². The quantitative estimate of drug-likeness (QED) is 0.770. The summed E-state index contributed by atoms with van der Waals surface area (Å²) in [5.74, 6) is -1.41. The molecule has 0 fully saturated rings. The minimum atomic E-state index is -0.528. The summed E-state index contributed by atoms with van der Waals surface area (Å²) in [6.07, 6.45) is 7.18. The van der Waals surface area contributed by atoms with Crippen molar-refractivity contribution in [1.82, 2.24) is 4.90 Å². The van der Waals surface area contributed by atoms with Gasteiger partial charge in [0.05, 0.1) is 12.3 Å². The fraction of sp³-hybridized carbons (Fsp3) is 0.167. The summed E-state index contributed by atoms with van der Waals surface area (Å²) >= 11 is 0. The van der Waals surface area contributed by atoms with E-state index >= 15 is 0 Å². The minimum absolute atomic E-state index is 0.0382. The van der Waals surface area contributed by atoms with Crippen molar-refractivity contribution in [1.29, 1.82) is 0 Å². The van der Waals surface area contributed by atoms with Crippen LogP contribution in [0.1, 0.15) is 22.3 Å². The highest BCUT2D eigenvalue weighted by molar-refractivity contribution is 5.91. The number of azo groups is 1. The second-order valence-corrected chi connectivity index (χ2v) is 7.57. The highest BCUT2D eigenvalue weighted by atomic mass is 19.1. The molecule has 5 nitrogen and oxygen atoms in total. The number of carbonyl (C=O) groups excluding carboxylic acids is 2. The van der Waals surface area contributed by atoms with Crippen LogP contribution in [0.25, 0.3) is 5.70 Å². The molecular weight excluding hydrogens is 381 g/mol. The first-order valence-corrected chi connectivity index (χ1v) is 9.78. The van der Waals surface area contributed by atoms with Gasteiger partial charge >= 0.3 is 0 Å². The lowest BCUT2D eigenvalue weighted by Crippen LogP contribution is -2.27. The Labute approximate surface area is 172 Å². The summed E-state index contributed by atoms with van der Waals surface area (Å²) in [6.45, 7) is 1.17. The maximum absolute atomic E-state index is 14.9. The van der Waals surface area contributed by atoms with Crippen molar-refractivity contribution in [2.45, 2.75) is 19.5 Å². The van der Waals surface area contributed by atoms with Gasteiger partial charge in [-0.1, -0.05) is 54.6 Å². The summed E-state index contributed by atoms with van der Waals surface area (Å²) in [6, 6.07) is 12.7. The largest absolute Gasteiger partial charge is 0.334 e. The summed E-state index contributed by atoms with van der Waals surface area (Å²) in [4.78, 5) is 26.5. The van der Waals surface area contributed by atoms with Gasteiger partial charge < -0.3 is 4.90 Å².